The van der Waals surface area contributed by atoms with E-state index in [9.17, 15) is 18.8 Å². The van der Waals surface area contributed by atoms with Gasteiger partial charge in [-0.05, 0) is 30.7 Å². The van der Waals surface area contributed by atoms with Crippen LogP contribution in [0.4, 0.5) is 4.39 Å². The van der Waals surface area contributed by atoms with Gasteiger partial charge in [-0.3, -0.25) is 9.59 Å². The predicted molar refractivity (Wildman–Crippen MR) is 63.1 cm³/mol. The molecular formula is C13H12FNO4. The Morgan fingerprint density at radius 3 is 2.47 bits per heavy atom. The zero-order valence-corrected chi connectivity index (χ0v) is 10.0. The summed E-state index contributed by atoms with van der Waals surface area (Å²) in [5.41, 5.74) is 0.169. The summed E-state index contributed by atoms with van der Waals surface area (Å²) in [4.78, 5) is 35.7. The van der Waals surface area contributed by atoms with Gasteiger partial charge in [0, 0.05) is 12.0 Å². The van der Waals surface area contributed by atoms with Crippen molar-refractivity contribution in [3.05, 3.63) is 35.6 Å². The minimum atomic E-state index is -1.14. The number of aliphatic carboxylic acids is 1. The molecule has 0 bridgehead atoms. The van der Waals surface area contributed by atoms with Gasteiger partial charge in [-0.2, -0.15) is 0 Å². The van der Waals surface area contributed by atoms with Gasteiger partial charge in [-0.1, -0.05) is 0 Å². The van der Waals surface area contributed by atoms with E-state index < -0.39 is 23.7 Å². The Hall–Kier alpha value is -2.24. The average molecular weight is 265 g/mol. The Morgan fingerprint density at radius 1 is 1.26 bits per heavy atom. The van der Waals surface area contributed by atoms with E-state index in [4.69, 9.17) is 5.11 Å². The molecule has 1 N–H and O–H groups in total. The maximum atomic E-state index is 12.8. The molecule has 0 aliphatic carbocycles. The molecule has 1 aliphatic heterocycles. The summed E-state index contributed by atoms with van der Waals surface area (Å²) in [6, 6.07) is 3.78. The molecule has 0 spiro atoms. The van der Waals surface area contributed by atoms with E-state index in [-0.39, 0.29) is 30.7 Å². The van der Waals surface area contributed by atoms with Gasteiger partial charge in [0.1, 0.15) is 11.9 Å². The molecule has 0 aromatic heterocycles. The highest BCUT2D eigenvalue weighted by molar-refractivity contribution is 6.00. The Labute approximate surface area is 108 Å². The van der Waals surface area contributed by atoms with E-state index in [1.165, 1.54) is 12.1 Å². The zero-order chi connectivity index (χ0) is 14.0. The molecule has 2 rings (SSSR count). The number of Topliss-reactive ketones (excluding diaryl/α,β-unsaturated/α-hetero) is 1. The number of carbonyl (C=O) groups is 3. The first kappa shape index (κ1) is 13.2. The SMILES string of the molecule is O=C1CCC(C(=O)O)N(C(=O)c2ccc(F)cc2)C1. The number of ketones is 1. The second kappa shape index (κ2) is 5.17. The van der Waals surface area contributed by atoms with Gasteiger partial charge in [0.05, 0.1) is 6.54 Å². The fourth-order valence-electron chi connectivity index (χ4n) is 2.06. The van der Waals surface area contributed by atoms with Gasteiger partial charge >= 0.3 is 5.97 Å². The van der Waals surface area contributed by atoms with Crippen LogP contribution in [0.3, 0.4) is 0 Å². The summed E-state index contributed by atoms with van der Waals surface area (Å²) in [6.45, 7) is -0.215. The number of hydrogen-bond donors (Lipinski definition) is 1. The molecule has 1 aromatic rings. The lowest BCUT2D eigenvalue weighted by Crippen LogP contribution is -2.50. The van der Waals surface area contributed by atoms with Gasteiger partial charge in [-0.25, -0.2) is 9.18 Å². The van der Waals surface area contributed by atoms with Crippen molar-refractivity contribution in [3.63, 3.8) is 0 Å². The van der Waals surface area contributed by atoms with Crippen LogP contribution in [0.1, 0.15) is 23.2 Å². The molecule has 1 amide bonds. The van der Waals surface area contributed by atoms with Crippen LogP contribution in [0, 0.1) is 5.82 Å². The number of carbonyl (C=O) groups excluding carboxylic acids is 2. The molecule has 6 heteroatoms. The largest absolute Gasteiger partial charge is 0.480 e. The first-order valence-corrected chi connectivity index (χ1v) is 5.80. The number of hydrogen-bond acceptors (Lipinski definition) is 3. The maximum Gasteiger partial charge on any atom is 0.326 e. The molecule has 1 aliphatic rings. The lowest BCUT2D eigenvalue weighted by Gasteiger charge is -2.32. The quantitative estimate of drug-likeness (QED) is 0.868. The fraction of sp³-hybridized carbons (Fsp3) is 0.308. The molecule has 1 unspecified atom stereocenters. The van der Waals surface area contributed by atoms with Gasteiger partial charge in [0.25, 0.3) is 5.91 Å². The molecule has 100 valence electrons. The minimum Gasteiger partial charge on any atom is -0.480 e. The van der Waals surface area contributed by atoms with Crippen LogP contribution >= 0.6 is 0 Å². The highest BCUT2D eigenvalue weighted by Gasteiger charge is 2.35. The van der Waals surface area contributed by atoms with E-state index in [2.05, 4.69) is 0 Å². The molecule has 1 atom stereocenters. The Balaban J connectivity index is 2.26. The van der Waals surface area contributed by atoms with Crippen LogP contribution in [0.5, 0.6) is 0 Å². The van der Waals surface area contributed by atoms with Crippen LogP contribution in [-0.4, -0.2) is 40.3 Å². The number of carboxylic acid groups (broad SMARTS) is 1. The summed E-state index contributed by atoms with van der Waals surface area (Å²) in [6.07, 6.45) is 0.269. The second-order valence-corrected chi connectivity index (χ2v) is 4.37. The normalized spacial score (nSPS) is 19.3. The second-order valence-electron chi connectivity index (χ2n) is 4.37. The average Bonchev–Trinajstić information content (AvgIpc) is 2.38. The molecule has 1 aromatic carbocycles. The molecule has 5 nitrogen and oxygen atoms in total. The van der Waals surface area contributed by atoms with E-state index in [0.29, 0.717) is 0 Å². The fourth-order valence-corrected chi connectivity index (χ4v) is 2.06. The highest BCUT2D eigenvalue weighted by atomic mass is 19.1. The van der Waals surface area contributed by atoms with Crippen molar-refractivity contribution in [1.82, 2.24) is 4.90 Å². The Morgan fingerprint density at radius 2 is 1.89 bits per heavy atom. The van der Waals surface area contributed by atoms with Crippen LogP contribution < -0.4 is 0 Å². The molecule has 1 fully saturated rings. The highest BCUT2D eigenvalue weighted by Crippen LogP contribution is 2.18. The lowest BCUT2D eigenvalue weighted by atomic mass is 10.00. The number of amides is 1. The van der Waals surface area contributed by atoms with Gasteiger partial charge in [0.15, 0.2) is 5.78 Å². The molecule has 0 radical (unpaired) electrons. The van der Waals surface area contributed by atoms with Crippen molar-refractivity contribution in [2.24, 2.45) is 0 Å². The number of rotatable bonds is 2. The van der Waals surface area contributed by atoms with E-state index >= 15 is 0 Å². The molecule has 0 saturated carbocycles. The number of carboxylic acids is 1. The van der Waals surface area contributed by atoms with Crippen molar-refractivity contribution in [2.75, 3.05) is 6.54 Å². The Bertz CT molecular complexity index is 526. The third-order valence-electron chi connectivity index (χ3n) is 3.06. The Kier molecular flexibility index (Phi) is 3.59. The van der Waals surface area contributed by atoms with Crippen LogP contribution in [0.25, 0.3) is 0 Å². The van der Waals surface area contributed by atoms with E-state index in [0.717, 1.165) is 17.0 Å². The van der Waals surface area contributed by atoms with Gasteiger partial charge < -0.3 is 10.0 Å². The first-order chi connectivity index (χ1) is 8.99. The number of halogens is 1. The van der Waals surface area contributed by atoms with Gasteiger partial charge in [0.2, 0.25) is 0 Å². The molecule has 19 heavy (non-hydrogen) atoms. The number of nitrogens with zero attached hydrogens (tertiary/aromatic N) is 1. The molecule has 1 saturated heterocycles. The summed E-state index contributed by atoms with van der Waals surface area (Å²) < 4.78 is 12.8. The number of benzene rings is 1. The number of likely N-dealkylation sites (tertiary alicyclic amines) is 1. The molecule has 1 heterocycles. The minimum absolute atomic E-state index is 0.112. The third-order valence-corrected chi connectivity index (χ3v) is 3.06. The topological polar surface area (TPSA) is 74.7 Å². The van der Waals surface area contributed by atoms with Crippen LogP contribution in [0.15, 0.2) is 24.3 Å². The molecular weight excluding hydrogens is 253 g/mol. The predicted octanol–water partition coefficient (Wildman–Crippen LogP) is 1.08. The lowest BCUT2D eigenvalue weighted by molar-refractivity contribution is -0.144. The summed E-state index contributed by atoms with van der Waals surface area (Å²) in [7, 11) is 0. The zero-order valence-electron chi connectivity index (χ0n) is 10.0. The van der Waals surface area contributed by atoms with Crippen molar-refractivity contribution in [1.29, 1.82) is 0 Å². The standard InChI is InChI=1S/C13H12FNO4/c14-9-3-1-8(2-4-9)12(17)15-7-10(16)5-6-11(15)13(18)19/h1-4,11H,5-7H2,(H,18,19). The summed E-state index contributed by atoms with van der Waals surface area (Å²) in [5, 5.41) is 9.07. The third kappa shape index (κ3) is 2.78. The smallest absolute Gasteiger partial charge is 0.326 e. The maximum absolute atomic E-state index is 12.8. The number of piperidine rings is 1. The first-order valence-electron chi connectivity index (χ1n) is 5.80. The van der Waals surface area contributed by atoms with E-state index in [1.54, 1.807) is 0 Å². The monoisotopic (exact) mass is 265 g/mol. The van der Waals surface area contributed by atoms with Crippen molar-refractivity contribution in [2.45, 2.75) is 18.9 Å². The van der Waals surface area contributed by atoms with E-state index in [1.807, 2.05) is 0 Å². The summed E-state index contributed by atoms with van der Waals surface area (Å²) in [5.74, 6) is -2.36. The van der Waals surface area contributed by atoms with Crippen molar-refractivity contribution in [3.8, 4) is 0 Å². The van der Waals surface area contributed by atoms with Crippen molar-refractivity contribution >= 4 is 17.7 Å². The van der Waals surface area contributed by atoms with Crippen molar-refractivity contribution < 1.29 is 23.9 Å². The van der Waals surface area contributed by atoms with Crippen LogP contribution in [0.2, 0.25) is 0 Å². The van der Waals surface area contributed by atoms with Gasteiger partial charge in [-0.15, -0.1) is 0 Å². The van der Waals surface area contributed by atoms with Crippen LogP contribution in [-0.2, 0) is 9.59 Å². The summed E-state index contributed by atoms with van der Waals surface area (Å²) >= 11 is 0.